The van der Waals surface area contributed by atoms with Gasteiger partial charge in [-0.3, -0.25) is 28.8 Å². The summed E-state index contributed by atoms with van der Waals surface area (Å²) in [5.74, 6) is -3.63. The molecule has 0 aliphatic carbocycles. The molecule has 4 atom stereocenters. The van der Waals surface area contributed by atoms with Crippen LogP contribution < -0.4 is 21.0 Å². The van der Waals surface area contributed by atoms with E-state index in [0.29, 0.717) is 17.9 Å². The molecule has 3 N–H and O–H groups in total. The van der Waals surface area contributed by atoms with Crippen LogP contribution in [0.1, 0.15) is 45.1 Å². The Kier molecular flexibility index (Phi) is 9.63. The minimum absolute atomic E-state index is 0.0133. The van der Waals surface area contributed by atoms with Crippen molar-refractivity contribution in [3.8, 4) is 0 Å². The molecule has 2 fully saturated rings. The van der Waals surface area contributed by atoms with Gasteiger partial charge in [0, 0.05) is 25.8 Å². The van der Waals surface area contributed by atoms with Gasteiger partial charge in [0.05, 0.1) is 11.0 Å². The number of Topliss-reactive ketones (excluding diaryl/α,β-unsaturated/α-hetero) is 1. The SMILES string of the molecule is C[C@H](NC(=O)[C@]1(C)NC(=O)CCC1=O)C(=O)N1CCC[C@H]1C(=O)N[C@@H](Cc1ccccc1)C(=O)N(N=O)c1ccccc1. The van der Waals surface area contributed by atoms with E-state index in [1.54, 1.807) is 54.6 Å². The molecule has 0 bridgehead atoms. The second-order valence-electron chi connectivity index (χ2n) is 10.8. The highest BCUT2D eigenvalue weighted by Crippen LogP contribution is 2.22. The summed E-state index contributed by atoms with van der Waals surface area (Å²) in [7, 11) is 0. The number of hydrogen-bond donors (Lipinski definition) is 3. The van der Waals surface area contributed by atoms with E-state index in [-0.39, 0.29) is 31.5 Å². The molecule has 226 valence electrons. The minimum atomic E-state index is -1.80. The normalized spacial score (nSPS) is 21.3. The summed E-state index contributed by atoms with van der Waals surface area (Å²) in [5, 5.41) is 11.2. The molecule has 2 heterocycles. The molecular weight excluding hydrogens is 556 g/mol. The van der Waals surface area contributed by atoms with Crippen LogP contribution in [0.25, 0.3) is 0 Å². The summed E-state index contributed by atoms with van der Waals surface area (Å²) in [6.07, 6.45) is 0.776. The summed E-state index contributed by atoms with van der Waals surface area (Å²) in [6.45, 7) is 2.95. The Balaban J connectivity index is 1.49. The quantitative estimate of drug-likeness (QED) is 0.211. The molecule has 13 nitrogen and oxygen atoms in total. The van der Waals surface area contributed by atoms with Crippen molar-refractivity contribution in [2.45, 2.75) is 69.6 Å². The summed E-state index contributed by atoms with van der Waals surface area (Å²) in [5.41, 5.74) is -0.833. The van der Waals surface area contributed by atoms with Crippen molar-refractivity contribution in [3.05, 3.63) is 71.1 Å². The molecule has 43 heavy (non-hydrogen) atoms. The van der Waals surface area contributed by atoms with E-state index in [2.05, 4.69) is 21.2 Å². The van der Waals surface area contributed by atoms with Gasteiger partial charge in [0.1, 0.15) is 18.1 Å². The highest BCUT2D eigenvalue weighted by Gasteiger charge is 2.46. The number of hydrogen-bond acceptors (Lipinski definition) is 8. The predicted octanol–water partition coefficient (Wildman–Crippen LogP) is 1.16. The molecule has 13 heteroatoms. The number of amides is 5. The second-order valence-corrected chi connectivity index (χ2v) is 10.8. The molecular formula is C30H34N6O7. The number of nitroso groups, excluding NO2 is 1. The summed E-state index contributed by atoms with van der Waals surface area (Å²) in [4.78, 5) is 90.8. The second kappa shape index (κ2) is 13.4. The number of piperidine rings is 1. The van der Waals surface area contributed by atoms with Gasteiger partial charge in [0.15, 0.2) is 11.3 Å². The van der Waals surface area contributed by atoms with Crippen molar-refractivity contribution in [1.82, 2.24) is 20.9 Å². The van der Waals surface area contributed by atoms with E-state index in [9.17, 15) is 33.7 Å². The lowest BCUT2D eigenvalue weighted by Crippen LogP contribution is -2.66. The van der Waals surface area contributed by atoms with Crippen molar-refractivity contribution in [2.75, 3.05) is 11.6 Å². The maximum Gasteiger partial charge on any atom is 0.272 e. The van der Waals surface area contributed by atoms with Crippen LogP contribution in [-0.2, 0) is 35.2 Å². The molecule has 0 unspecified atom stereocenters. The third kappa shape index (κ3) is 6.93. The van der Waals surface area contributed by atoms with Gasteiger partial charge in [-0.05, 0) is 44.4 Å². The number of anilines is 1. The van der Waals surface area contributed by atoms with Crippen molar-refractivity contribution in [2.24, 2.45) is 5.29 Å². The monoisotopic (exact) mass is 590 g/mol. The third-order valence-electron chi connectivity index (χ3n) is 7.73. The Bertz CT molecular complexity index is 1400. The van der Waals surface area contributed by atoms with Crippen molar-refractivity contribution in [3.63, 3.8) is 0 Å². The van der Waals surface area contributed by atoms with E-state index >= 15 is 0 Å². The van der Waals surface area contributed by atoms with Crippen molar-refractivity contribution >= 4 is 41.0 Å². The third-order valence-corrected chi connectivity index (χ3v) is 7.73. The van der Waals surface area contributed by atoms with Gasteiger partial charge in [-0.25, -0.2) is 0 Å². The Morgan fingerprint density at radius 3 is 2.33 bits per heavy atom. The molecule has 2 saturated heterocycles. The first kappa shape index (κ1) is 31.0. The Morgan fingerprint density at radius 2 is 1.67 bits per heavy atom. The van der Waals surface area contributed by atoms with Crippen LogP contribution in [0.4, 0.5) is 5.69 Å². The van der Waals surface area contributed by atoms with E-state index < -0.39 is 59.0 Å². The lowest BCUT2D eigenvalue weighted by Gasteiger charge is -2.33. The Morgan fingerprint density at radius 1 is 1.02 bits per heavy atom. The fourth-order valence-electron chi connectivity index (χ4n) is 5.28. The first-order valence-electron chi connectivity index (χ1n) is 14.1. The fraction of sp³-hybridized carbons (Fsp3) is 0.400. The fourth-order valence-corrected chi connectivity index (χ4v) is 5.28. The van der Waals surface area contributed by atoms with Gasteiger partial charge in [0.25, 0.3) is 11.8 Å². The zero-order chi connectivity index (χ0) is 31.1. The number of likely N-dealkylation sites (tertiary alicyclic amines) is 1. The zero-order valence-electron chi connectivity index (χ0n) is 23.9. The predicted molar refractivity (Wildman–Crippen MR) is 155 cm³/mol. The highest BCUT2D eigenvalue weighted by molar-refractivity contribution is 6.15. The average molecular weight is 591 g/mol. The van der Waals surface area contributed by atoms with E-state index in [4.69, 9.17) is 0 Å². The first-order chi connectivity index (χ1) is 20.5. The largest absolute Gasteiger partial charge is 0.342 e. The molecule has 0 saturated carbocycles. The maximum atomic E-state index is 13.6. The van der Waals surface area contributed by atoms with Crippen LogP contribution in [0.2, 0.25) is 0 Å². The van der Waals surface area contributed by atoms with Gasteiger partial charge in [-0.15, -0.1) is 4.91 Å². The van der Waals surface area contributed by atoms with Crippen LogP contribution >= 0.6 is 0 Å². The average Bonchev–Trinajstić information content (AvgIpc) is 3.50. The lowest BCUT2D eigenvalue weighted by atomic mass is 9.88. The smallest absolute Gasteiger partial charge is 0.272 e. The topological polar surface area (TPSA) is 174 Å². The summed E-state index contributed by atoms with van der Waals surface area (Å²) >= 11 is 0. The zero-order valence-corrected chi connectivity index (χ0v) is 23.9. The molecule has 5 amide bonds. The van der Waals surface area contributed by atoms with Crippen LogP contribution in [0.15, 0.2) is 65.9 Å². The van der Waals surface area contributed by atoms with Crippen molar-refractivity contribution in [1.29, 1.82) is 0 Å². The number of carbonyl (C=O) groups excluding carboxylic acids is 6. The molecule has 0 aromatic heterocycles. The minimum Gasteiger partial charge on any atom is -0.342 e. The molecule has 2 aromatic rings. The van der Waals surface area contributed by atoms with Gasteiger partial charge < -0.3 is 20.9 Å². The number of para-hydroxylation sites is 1. The van der Waals surface area contributed by atoms with Crippen LogP contribution in [0.3, 0.4) is 0 Å². The van der Waals surface area contributed by atoms with E-state index in [1.165, 1.54) is 18.7 Å². The molecule has 0 spiro atoms. The molecule has 2 aliphatic rings. The number of ketones is 1. The summed E-state index contributed by atoms with van der Waals surface area (Å²) < 4.78 is 0. The number of nitrogens with zero attached hydrogens (tertiary/aromatic N) is 3. The number of carbonyl (C=O) groups is 6. The van der Waals surface area contributed by atoms with Gasteiger partial charge >= 0.3 is 0 Å². The standard InChI is InChI=1S/C30H34N6O7/c1-19(31-29(42)30(2)24(37)15-16-25(38)33-30)27(40)35-17-9-14-23(35)26(39)32-22(18-20-10-5-3-6-11-20)28(41)36(34-43)21-12-7-4-8-13-21/h3-8,10-13,19,22-23H,9,14-18H2,1-2H3,(H,31,42)(H,32,39)(H,33,38)/t19-,22-,23-,30+/m0/s1. The maximum absolute atomic E-state index is 13.6. The van der Waals surface area contributed by atoms with E-state index in [0.717, 1.165) is 5.56 Å². The van der Waals surface area contributed by atoms with Gasteiger partial charge in [-0.1, -0.05) is 48.5 Å². The van der Waals surface area contributed by atoms with Crippen molar-refractivity contribution < 1.29 is 28.8 Å². The number of benzene rings is 2. The molecule has 2 aliphatic heterocycles. The molecule has 2 aromatic carbocycles. The number of nitrogens with one attached hydrogen (secondary N) is 3. The molecule has 0 radical (unpaired) electrons. The Hall–Kier alpha value is -4.94. The Labute approximate surface area is 248 Å². The highest BCUT2D eigenvalue weighted by atomic mass is 16.3. The first-order valence-corrected chi connectivity index (χ1v) is 14.1. The van der Waals surface area contributed by atoms with Gasteiger partial charge in [-0.2, -0.15) is 5.01 Å². The number of rotatable bonds is 10. The van der Waals surface area contributed by atoms with E-state index in [1.807, 2.05) is 6.07 Å². The lowest BCUT2D eigenvalue weighted by molar-refractivity contribution is -0.147. The van der Waals surface area contributed by atoms with Crippen LogP contribution in [0.5, 0.6) is 0 Å². The van der Waals surface area contributed by atoms with Gasteiger partial charge in [0.2, 0.25) is 17.7 Å². The summed E-state index contributed by atoms with van der Waals surface area (Å²) in [6, 6.07) is 13.8. The molecule has 4 rings (SSSR count). The van der Waals surface area contributed by atoms with Crippen LogP contribution in [0, 0.1) is 4.91 Å². The van der Waals surface area contributed by atoms with Crippen LogP contribution in [-0.4, -0.2) is 70.4 Å².